The Morgan fingerprint density at radius 1 is 1.15 bits per heavy atom. The minimum Gasteiger partial charge on any atom is -0.490 e. The Kier molecular flexibility index (Phi) is 7.00. The van der Waals surface area contributed by atoms with Gasteiger partial charge in [0.1, 0.15) is 11.9 Å². The molecule has 1 saturated heterocycles. The molecule has 3 aromatic rings. The van der Waals surface area contributed by atoms with Crippen molar-refractivity contribution >= 4 is 16.7 Å². The third-order valence-corrected chi connectivity index (χ3v) is 5.75. The fraction of sp³-hybridized carbons (Fsp3) is 0.333. The summed E-state index contributed by atoms with van der Waals surface area (Å²) < 4.78 is 32.1. The van der Waals surface area contributed by atoms with Crippen molar-refractivity contribution in [2.45, 2.75) is 25.0 Å². The Morgan fingerprint density at radius 2 is 1.88 bits per heavy atom. The maximum absolute atomic E-state index is 13.3. The molecule has 0 spiro atoms. The zero-order valence-electron chi connectivity index (χ0n) is 17.9. The summed E-state index contributed by atoms with van der Waals surface area (Å²) in [7, 11) is 0. The molecule has 2 aromatic carbocycles. The van der Waals surface area contributed by atoms with Crippen molar-refractivity contribution in [2.75, 3.05) is 26.2 Å². The number of carbonyl (C=O) groups excluding carboxylic acids is 1. The molecule has 9 heteroatoms. The van der Waals surface area contributed by atoms with Gasteiger partial charge in [-0.2, -0.15) is 0 Å². The molecule has 1 fully saturated rings. The molecule has 2 heterocycles. The summed E-state index contributed by atoms with van der Waals surface area (Å²) in [5, 5.41) is 14.1. The van der Waals surface area contributed by atoms with Crippen LogP contribution in [0.25, 0.3) is 10.8 Å². The summed E-state index contributed by atoms with van der Waals surface area (Å²) in [5.74, 6) is -1.93. The Hall–Kier alpha value is -3.30. The van der Waals surface area contributed by atoms with Crippen LogP contribution in [0.4, 0.5) is 8.78 Å². The van der Waals surface area contributed by atoms with E-state index >= 15 is 0 Å². The van der Waals surface area contributed by atoms with Crippen molar-refractivity contribution in [3.63, 3.8) is 0 Å². The molecule has 1 unspecified atom stereocenters. The summed E-state index contributed by atoms with van der Waals surface area (Å²) in [6.07, 6.45) is 1.86. The molecule has 1 aromatic heterocycles. The number of nitrogens with one attached hydrogen (secondary N) is 2. The highest BCUT2D eigenvalue weighted by molar-refractivity contribution is 6.06. The fourth-order valence-electron chi connectivity index (χ4n) is 4.02. The molecule has 3 N–H and O–H groups in total. The van der Waals surface area contributed by atoms with Gasteiger partial charge in [-0.25, -0.2) is 8.78 Å². The van der Waals surface area contributed by atoms with Gasteiger partial charge >= 0.3 is 0 Å². The normalized spacial score (nSPS) is 16.0. The van der Waals surface area contributed by atoms with Crippen molar-refractivity contribution in [3.8, 4) is 5.75 Å². The van der Waals surface area contributed by atoms with Crippen molar-refractivity contribution in [2.24, 2.45) is 0 Å². The lowest BCUT2D eigenvalue weighted by atomic mass is 10.1. The summed E-state index contributed by atoms with van der Waals surface area (Å²) in [6.45, 7) is 1.79. The van der Waals surface area contributed by atoms with E-state index in [1.807, 2.05) is 0 Å². The number of nitrogens with zero attached hydrogens (tertiary/aromatic N) is 1. The lowest BCUT2D eigenvalue weighted by molar-refractivity contribution is 0.0592. The number of likely N-dealkylation sites (tertiary alicyclic amines) is 1. The minimum atomic E-state index is -0.940. The van der Waals surface area contributed by atoms with Gasteiger partial charge in [0.15, 0.2) is 11.6 Å². The number of β-amino-alcohol motifs (C(OH)–C–C–N with tert-alkyl or cyclic N) is 1. The number of fused-ring (bicyclic) bond motifs is 1. The van der Waals surface area contributed by atoms with Crippen molar-refractivity contribution in [3.05, 3.63) is 76.2 Å². The fourth-order valence-corrected chi connectivity index (χ4v) is 4.02. The van der Waals surface area contributed by atoms with Crippen LogP contribution in [0.5, 0.6) is 5.75 Å². The molecule has 4 rings (SSSR count). The van der Waals surface area contributed by atoms with E-state index in [-0.39, 0.29) is 24.1 Å². The Bertz CT molecular complexity index is 1190. The second kappa shape index (κ2) is 10.1. The molecule has 0 saturated carbocycles. The topological polar surface area (TPSA) is 94.7 Å². The maximum Gasteiger partial charge on any atom is 0.255 e. The van der Waals surface area contributed by atoms with E-state index in [4.69, 9.17) is 4.74 Å². The number of hydrogen-bond donors (Lipinski definition) is 3. The van der Waals surface area contributed by atoms with Gasteiger partial charge in [0, 0.05) is 49.2 Å². The summed E-state index contributed by atoms with van der Waals surface area (Å²) in [6, 6.07) is 10.3. The quantitative estimate of drug-likeness (QED) is 0.507. The average Bonchev–Trinajstić information content (AvgIpc) is 2.82. The van der Waals surface area contributed by atoms with Crippen LogP contribution in [0.15, 0.2) is 53.5 Å². The highest BCUT2D eigenvalue weighted by Gasteiger charge is 2.23. The lowest BCUT2D eigenvalue weighted by Crippen LogP contribution is -2.45. The van der Waals surface area contributed by atoms with Gasteiger partial charge in [-0.3, -0.25) is 9.59 Å². The smallest absolute Gasteiger partial charge is 0.255 e. The second-order valence-electron chi connectivity index (χ2n) is 8.13. The molecular weight excluding hydrogens is 432 g/mol. The molecular formula is C24H25F2N3O4. The zero-order valence-corrected chi connectivity index (χ0v) is 17.9. The van der Waals surface area contributed by atoms with Gasteiger partial charge in [0.2, 0.25) is 0 Å². The first-order chi connectivity index (χ1) is 15.9. The standard InChI is InChI=1S/C24H25F2N3O4/c25-21-6-5-17(11-22(21)26)33-16-7-9-29(10-8-16)14-15(30)12-27-24(32)20-13-28-23(31)19-4-2-1-3-18(19)20/h1-6,11,13,15-16,30H,7-10,12,14H2,(H,27,32)(H,28,31). The van der Waals surface area contributed by atoms with Crippen LogP contribution in [0, 0.1) is 11.6 Å². The molecule has 0 aliphatic carbocycles. The number of aliphatic hydroxyl groups excluding tert-OH is 1. The van der Waals surface area contributed by atoms with Gasteiger partial charge in [0.25, 0.3) is 11.5 Å². The first kappa shape index (κ1) is 22.9. The van der Waals surface area contributed by atoms with Crippen LogP contribution in [0.2, 0.25) is 0 Å². The van der Waals surface area contributed by atoms with E-state index in [0.29, 0.717) is 54.6 Å². The number of ether oxygens (including phenoxy) is 1. The number of hydrogen-bond acceptors (Lipinski definition) is 5. The number of carbonyl (C=O) groups is 1. The summed E-state index contributed by atoms with van der Waals surface area (Å²) >= 11 is 0. The molecule has 7 nitrogen and oxygen atoms in total. The largest absolute Gasteiger partial charge is 0.490 e. The van der Waals surface area contributed by atoms with Crippen LogP contribution in [-0.2, 0) is 0 Å². The third-order valence-electron chi connectivity index (χ3n) is 5.75. The number of benzene rings is 2. The molecule has 33 heavy (non-hydrogen) atoms. The van der Waals surface area contributed by atoms with Crippen LogP contribution >= 0.6 is 0 Å². The minimum absolute atomic E-state index is 0.0670. The van der Waals surface area contributed by atoms with Gasteiger partial charge < -0.3 is 25.0 Å². The van der Waals surface area contributed by atoms with E-state index in [1.54, 1.807) is 24.3 Å². The van der Waals surface area contributed by atoms with E-state index in [1.165, 1.54) is 12.3 Å². The molecule has 0 bridgehead atoms. The average molecular weight is 457 g/mol. The van der Waals surface area contributed by atoms with Crippen LogP contribution in [0.3, 0.4) is 0 Å². The van der Waals surface area contributed by atoms with Gasteiger partial charge in [-0.05, 0) is 31.0 Å². The Balaban J connectivity index is 1.24. The highest BCUT2D eigenvalue weighted by Crippen LogP contribution is 2.21. The zero-order chi connectivity index (χ0) is 23.4. The lowest BCUT2D eigenvalue weighted by Gasteiger charge is -2.33. The molecule has 1 atom stereocenters. The number of aromatic amines is 1. The van der Waals surface area contributed by atoms with Crippen molar-refractivity contribution in [1.82, 2.24) is 15.2 Å². The van der Waals surface area contributed by atoms with Crippen LogP contribution < -0.4 is 15.6 Å². The number of amides is 1. The second-order valence-corrected chi connectivity index (χ2v) is 8.13. The predicted octanol–water partition coefficient (Wildman–Crippen LogP) is 2.44. The monoisotopic (exact) mass is 457 g/mol. The SMILES string of the molecule is O=C(NCC(O)CN1CCC(Oc2ccc(F)c(F)c2)CC1)c1c[nH]c(=O)c2ccccc12. The third kappa shape index (κ3) is 5.55. The Labute approximate surface area is 189 Å². The first-order valence-electron chi connectivity index (χ1n) is 10.8. The van der Waals surface area contributed by atoms with Crippen LogP contribution in [-0.4, -0.2) is 59.3 Å². The highest BCUT2D eigenvalue weighted by atomic mass is 19.2. The van der Waals surface area contributed by atoms with E-state index in [0.717, 1.165) is 12.1 Å². The number of aromatic nitrogens is 1. The molecule has 0 radical (unpaired) electrons. The molecule has 174 valence electrons. The molecule has 1 amide bonds. The van der Waals surface area contributed by atoms with Gasteiger partial charge in [-0.1, -0.05) is 18.2 Å². The summed E-state index contributed by atoms with van der Waals surface area (Å²) in [4.78, 5) is 29.2. The van der Waals surface area contributed by atoms with E-state index in [9.17, 15) is 23.5 Å². The van der Waals surface area contributed by atoms with Crippen molar-refractivity contribution < 1.29 is 23.4 Å². The summed E-state index contributed by atoms with van der Waals surface area (Å²) in [5.41, 5.74) is 0.0757. The number of rotatable bonds is 7. The number of aliphatic hydroxyl groups is 1. The van der Waals surface area contributed by atoms with Crippen LogP contribution in [0.1, 0.15) is 23.2 Å². The van der Waals surface area contributed by atoms with E-state index in [2.05, 4.69) is 15.2 Å². The van der Waals surface area contributed by atoms with Crippen molar-refractivity contribution in [1.29, 1.82) is 0 Å². The number of pyridine rings is 1. The predicted molar refractivity (Wildman–Crippen MR) is 119 cm³/mol. The maximum atomic E-state index is 13.3. The molecule has 1 aliphatic rings. The Morgan fingerprint density at radius 3 is 2.61 bits per heavy atom. The van der Waals surface area contributed by atoms with E-state index < -0.39 is 17.7 Å². The van der Waals surface area contributed by atoms with Gasteiger partial charge in [-0.15, -0.1) is 0 Å². The first-order valence-corrected chi connectivity index (χ1v) is 10.8. The number of H-pyrrole nitrogens is 1. The number of halogens is 2. The number of piperidine rings is 1. The molecule has 1 aliphatic heterocycles. The van der Waals surface area contributed by atoms with Gasteiger partial charge in [0.05, 0.1) is 11.7 Å².